The van der Waals surface area contributed by atoms with Gasteiger partial charge in [0.1, 0.15) is 5.82 Å². The highest BCUT2D eigenvalue weighted by Gasteiger charge is 2.42. The maximum Gasteiger partial charge on any atom is 0.128 e. The number of aromatic nitrogens is 2. The molecular weight excluding hydrogens is 497 g/mol. The first-order chi connectivity index (χ1) is 17.5. The van der Waals surface area contributed by atoms with Crippen molar-refractivity contribution in [2.24, 2.45) is 5.92 Å². The van der Waals surface area contributed by atoms with Gasteiger partial charge in [-0.1, -0.05) is 29.3 Å². The Bertz CT molecular complexity index is 1030. The van der Waals surface area contributed by atoms with Crippen molar-refractivity contribution in [2.45, 2.75) is 81.8 Å². The van der Waals surface area contributed by atoms with Gasteiger partial charge in [0.25, 0.3) is 0 Å². The number of pyridine rings is 2. The molecular formula is C27H35Cl2N5O2. The van der Waals surface area contributed by atoms with Gasteiger partial charge in [0.15, 0.2) is 0 Å². The molecule has 0 amide bonds. The van der Waals surface area contributed by atoms with E-state index >= 15 is 0 Å². The number of fused-ring (bicyclic) bond motifs is 1. The van der Waals surface area contributed by atoms with Gasteiger partial charge < -0.3 is 14.4 Å². The number of rotatable bonds is 5. The Morgan fingerprint density at radius 1 is 1.08 bits per heavy atom. The van der Waals surface area contributed by atoms with Gasteiger partial charge in [-0.3, -0.25) is 10.4 Å². The molecule has 4 fully saturated rings. The number of hydrogen-bond acceptors (Lipinski definition) is 7. The van der Waals surface area contributed by atoms with Crippen LogP contribution in [0.4, 0.5) is 5.82 Å². The number of hydrogen-bond donors (Lipinski definition) is 2. The van der Waals surface area contributed by atoms with Crippen molar-refractivity contribution in [1.29, 1.82) is 0 Å². The molecule has 4 aliphatic rings. The Morgan fingerprint density at radius 2 is 1.89 bits per heavy atom. The zero-order valence-electron chi connectivity index (χ0n) is 20.8. The van der Waals surface area contributed by atoms with Gasteiger partial charge >= 0.3 is 0 Å². The lowest BCUT2D eigenvalue weighted by Crippen LogP contribution is -2.44. The Kier molecular flexibility index (Phi) is 7.14. The number of nitrogens with zero attached hydrogens (tertiary/aromatic N) is 3. The average Bonchev–Trinajstić information content (AvgIpc) is 3.52. The van der Waals surface area contributed by atoms with Crippen molar-refractivity contribution in [3.05, 3.63) is 51.9 Å². The molecule has 36 heavy (non-hydrogen) atoms. The van der Waals surface area contributed by atoms with Crippen LogP contribution in [0.15, 0.2) is 30.7 Å². The zero-order chi connectivity index (χ0) is 24.7. The molecule has 6 rings (SSSR count). The van der Waals surface area contributed by atoms with Gasteiger partial charge in [-0.25, -0.2) is 10.4 Å². The van der Waals surface area contributed by atoms with Crippen LogP contribution in [0, 0.1) is 5.92 Å². The van der Waals surface area contributed by atoms with E-state index in [4.69, 9.17) is 37.7 Å². The Balaban J connectivity index is 1.09. The molecule has 3 saturated heterocycles. The first kappa shape index (κ1) is 24.8. The van der Waals surface area contributed by atoms with Crippen molar-refractivity contribution in [2.75, 3.05) is 24.6 Å². The van der Waals surface area contributed by atoms with Crippen molar-refractivity contribution in [3.8, 4) is 0 Å². The molecule has 2 aromatic rings. The first-order valence-corrected chi connectivity index (χ1v) is 14.1. The monoisotopic (exact) mass is 531 g/mol. The number of piperidine rings is 1. The summed E-state index contributed by atoms with van der Waals surface area (Å²) >= 11 is 12.7. The summed E-state index contributed by atoms with van der Waals surface area (Å²) in [4.78, 5) is 11.3. The molecule has 2 N–H and O–H groups in total. The average molecular weight is 533 g/mol. The minimum atomic E-state index is -0.186. The predicted molar refractivity (Wildman–Crippen MR) is 141 cm³/mol. The molecule has 3 aliphatic heterocycles. The normalized spacial score (nSPS) is 30.5. The molecule has 1 saturated carbocycles. The van der Waals surface area contributed by atoms with Gasteiger partial charge in [-0.05, 0) is 69.4 Å². The summed E-state index contributed by atoms with van der Waals surface area (Å²) in [5, 5.41) is 1.10. The van der Waals surface area contributed by atoms with Crippen LogP contribution in [-0.4, -0.2) is 47.4 Å². The molecule has 194 valence electrons. The lowest BCUT2D eigenvalue weighted by molar-refractivity contribution is -0.0370. The van der Waals surface area contributed by atoms with Crippen LogP contribution in [0.2, 0.25) is 10.0 Å². The second kappa shape index (κ2) is 10.4. The van der Waals surface area contributed by atoms with Crippen molar-refractivity contribution in [3.63, 3.8) is 0 Å². The number of nitrogens with one attached hydrogen (secondary N) is 2. The SMILES string of the molecule is C[C@@H](OC1CCC2NNC(c3ccc(N4CCC5(CCCO5)CC4)nc3)C2C1)c1c(Cl)cncc1Cl. The third-order valence-corrected chi connectivity index (χ3v) is 9.31. The predicted octanol–water partition coefficient (Wildman–Crippen LogP) is 5.40. The van der Waals surface area contributed by atoms with Crippen LogP contribution in [0.25, 0.3) is 0 Å². The van der Waals surface area contributed by atoms with Crippen LogP contribution in [-0.2, 0) is 9.47 Å². The highest BCUT2D eigenvalue weighted by molar-refractivity contribution is 6.35. The lowest BCUT2D eigenvalue weighted by Gasteiger charge is -2.39. The standard InChI is InChI=1S/C27H35Cl2N5O2/c1-17(25-21(28)15-30-16-22(25)29)36-19-4-5-23-20(13-19)26(33-32-23)18-3-6-24(31-14-18)34-10-8-27(9-11-34)7-2-12-35-27/h3,6,14-17,19-20,23,26,32-33H,2,4-5,7-13H2,1H3/t17-,19?,20?,23?,26?/m1/s1. The van der Waals surface area contributed by atoms with Crippen molar-refractivity contribution in [1.82, 2.24) is 20.8 Å². The molecule has 9 heteroatoms. The fourth-order valence-electron chi connectivity index (χ4n) is 6.70. The quantitative estimate of drug-likeness (QED) is 0.535. The van der Waals surface area contributed by atoms with Crippen molar-refractivity contribution >= 4 is 29.0 Å². The summed E-state index contributed by atoms with van der Waals surface area (Å²) in [6.07, 6.45) is 12.9. The Labute approximate surface area is 223 Å². The fourth-order valence-corrected chi connectivity index (χ4v) is 7.37. The Hall–Kier alpha value is -1.48. The van der Waals surface area contributed by atoms with E-state index in [-0.39, 0.29) is 23.9 Å². The van der Waals surface area contributed by atoms with Crippen LogP contribution >= 0.6 is 23.2 Å². The summed E-state index contributed by atoms with van der Waals surface area (Å²) in [6.45, 7) is 4.98. The van der Waals surface area contributed by atoms with E-state index in [1.165, 1.54) is 18.4 Å². The maximum atomic E-state index is 6.48. The van der Waals surface area contributed by atoms with Crippen LogP contribution < -0.4 is 15.8 Å². The summed E-state index contributed by atoms with van der Waals surface area (Å²) < 4.78 is 12.6. The van der Waals surface area contributed by atoms with Gasteiger partial charge in [-0.2, -0.15) is 0 Å². The molecule has 1 spiro atoms. The lowest BCUT2D eigenvalue weighted by atomic mass is 9.78. The second-order valence-corrected chi connectivity index (χ2v) is 11.7. The Morgan fingerprint density at radius 3 is 2.58 bits per heavy atom. The number of hydrazine groups is 1. The highest BCUT2D eigenvalue weighted by atomic mass is 35.5. The van der Waals surface area contributed by atoms with E-state index in [1.54, 1.807) is 12.4 Å². The minimum Gasteiger partial charge on any atom is -0.375 e. The fraction of sp³-hybridized carbons (Fsp3) is 0.630. The van der Waals surface area contributed by atoms with Crippen LogP contribution in [0.3, 0.4) is 0 Å². The van der Waals surface area contributed by atoms with Crippen LogP contribution in [0.5, 0.6) is 0 Å². The van der Waals surface area contributed by atoms with E-state index in [1.807, 2.05) is 6.92 Å². The van der Waals surface area contributed by atoms with Gasteiger partial charge in [-0.15, -0.1) is 0 Å². The molecule has 0 bridgehead atoms. The summed E-state index contributed by atoms with van der Waals surface area (Å²) in [6, 6.07) is 5.07. The minimum absolute atomic E-state index is 0.135. The maximum absolute atomic E-state index is 6.48. The second-order valence-electron chi connectivity index (χ2n) is 10.8. The summed E-state index contributed by atoms with van der Waals surface area (Å²) in [5.41, 5.74) is 9.25. The van der Waals surface area contributed by atoms with E-state index in [0.29, 0.717) is 22.0 Å². The number of anilines is 1. The highest BCUT2D eigenvalue weighted by Crippen LogP contribution is 2.42. The number of halogens is 2. The summed E-state index contributed by atoms with van der Waals surface area (Å²) in [5.74, 6) is 1.50. The van der Waals surface area contributed by atoms with E-state index in [2.05, 4.69) is 39.1 Å². The summed E-state index contributed by atoms with van der Waals surface area (Å²) in [7, 11) is 0. The van der Waals surface area contributed by atoms with E-state index < -0.39 is 0 Å². The topological polar surface area (TPSA) is 71.5 Å². The van der Waals surface area contributed by atoms with E-state index in [0.717, 1.165) is 63.2 Å². The molecule has 5 atom stereocenters. The molecule has 1 aliphatic carbocycles. The van der Waals surface area contributed by atoms with Gasteiger partial charge in [0.2, 0.25) is 0 Å². The molecule has 0 aromatic carbocycles. The molecule has 5 heterocycles. The molecule has 7 nitrogen and oxygen atoms in total. The molecule has 4 unspecified atom stereocenters. The van der Waals surface area contributed by atoms with Crippen molar-refractivity contribution < 1.29 is 9.47 Å². The van der Waals surface area contributed by atoms with E-state index in [9.17, 15) is 0 Å². The van der Waals surface area contributed by atoms with Gasteiger partial charge in [0, 0.05) is 49.9 Å². The largest absolute Gasteiger partial charge is 0.375 e. The zero-order valence-corrected chi connectivity index (χ0v) is 22.3. The third-order valence-electron chi connectivity index (χ3n) is 8.71. The molecule has 0 radical (unpaired) electrons. The van der Waals surface area contributed by atoms with Crippen LogP contribution in [0.1, 0.15) is 75.1 Å². The first-order valence-electron chi connectivity index (χ1n) is 13.3. The third kappa shape index (κ3) is 4.86. The number of ether oxygens (including phenoxy) is 2. The van der Waals surface area contributed by atoms with Gasteiger partial charge in [0.05, 0.1) is 33.9 Å². The molecule has 2 aromatic heterocycles. The smallest absolute Gasteiger partial charge is 0.128 e.